The number of carbonyl (C=O) groups is 1. The molecule has 0 atom stereocenters. The molecule has 0 aliphatic carbocycles. The average Bonchev–Trinajstić information content (AvgIpc) is 2.64. The van der Waals surface area contributed by atoms with Gasteiger partial charge in [0.1, 0.15) is 0 Å². The number of hydrazine groups is 1. The number of alkyl halides is 3. The fourth-order valence-electron chi connectivity index (χ4n) is 2.30. The molecular weight excluding hydrogens is 347 g/mol. The van der Waals surface area contributed by atoms with E-state index in [0.29, 0.717) is 10.9 Å². The van der Waals surface area contributed by atoms with Gasteiger partial charge in [-0.1, -0.05) is 18.2 Å². The smallest absolute Gasteiger partial charge is 0.388 e. The highest BCUT2D eigenvalue weighted by molar-refractivity contribution is 5.97. The maximum Gasteiger partial charge on any atom is 0.451 e. The summed E-state index contributed by atoms with van der Waals surface area (Å²) in [5.41, 5.74) is 6.00. The van der Waals surface area contributed by atoms with Crippen LogP contribution in [0.2, 0.25) is 0 Å². The minimum absolute atomic E-state index is 0.115. The Morgan fingerprint density at radius 2 is 1.81 bits per heavy atom. The third-order valence-electron chi connectivity index (χ3n) is 3.56. The summed E-state index contributed by atoms with van der Waals surface area (Å²) in [6.45, 7) is 0. The molecule has 0 aliphatic heterocycles. The van der Waals surface area contributed by atoms with Gasteiger partial charge >= 0.3 is 6.18 Å². The molecule has 3 rings (SSSR count). The molecule has 26 heavy (non-hydrogen) atoms. The van der Waals surface area contributed by atoms with Crippen LogP contribution in [0.3, 0.4) is 0 Å². The van der Waals surface area contributed by atoms with Crippen molar-refractivity contribution in [3.63, 3.8) is 0 Å². The Bertz CT molecular complexity index is 959. The van der Waals surface area contributed by atoms with Crippen molar-refractivity contribution in [3.8, 4) is 0 Å². The first-order valence-electron chi connectivity index (χ1n) is 7.56. The summed E-state index contributed by atoms with van der Waals surface area (Å²) in [6, 6.07) is 12.9. The molecule has 1 aromatic heterocycles. The number of hydrogen-bond acceptors (Lipinski definition) is 5. The van der Waals surface area contributed by atoms with E-state index in [1.165, 1.54) is 6.07 Å². The Labute approximate surface area is 146 Å². The molecule has 6 nitrogen and oxygen atoms in total. The number of para-hydroxylation sites is 1. The minimum Gasteiger partial charge on any atom is -0.388 e. The van der Waals surface area contributed by atoms with Gasteiger partial charge in [-0.05, 0) is 30.3 Å². The van der Waals surface area contributed by atoms with Crippen molar-refractivity contribution in [3.05, 3.63) is 59.9 Å². The van der Waals surface area contributed by atoms with Gasteiger partial charge in [0.2, 0.25) is 5.82 Å². The zero-order valence-electron chi connectivity index (χ0n) is 13.6. The van der Waals surface area contributed by atoms with Crippen molar-refractivity contribution < 1.29 is 18.0 Å². The van der Waals surface area contributed by atoms with Crippen molar-refractivity contribution in [1.82, 2.24) is 15.4 Å². The van der Waals surface area contributed by atoms with E-state index in [-0.39, 0.29) is 11.3 Å². The van der Waals surface area contributed by atoms with Crippen molar-refractivity contribution in [2.24, 2.45) is 0 Å². The highest BCUT2D eigenvalue weighted by Gasteiger charge is 2.35. The van der Waals surface area contributed by atoms with Crippen molar-refractivity contribution >= 4 is 28.3 Å². The first-order chi connectivity index (χ1) is 12.4. The van der Waals surface area contributed by atoms with E-state index >= 15 is 0 Å². The van der Waals surface area contributed by atoms with Gasteiger partial charge in [-0.2, -0.15) is 13.2 Å². The number of benzene rings is 2. The Morgan fingerprint density at radius 3 is 2.54 bits per heavy atom. The predicted octanol–water partition coefficient (Wildman–Crippen LogP) is 3.45. The Kier molecular flexibility index (Phi) is 4.61. The maximum atomic E-state index is 13.0. The number of halogens is 3. The molecule has 0 bridgehead atoms. The highest BCUT2D eigenvalue weighted by Crippen LogP contribution is 2.30. The molecular formula is C17H14F3N5O. The number of aromatic nitrogens is 2. The standard InChI is InChI=1S/C17H14F3N5O/c1-21-11-6-4-5-10(9-11)15(26)25-24-14-12-7-2-3-8-13(12)22-16(23-14)17(18,19)20/h2-9,21H,1H3,(H,25,26)(H,22,23,24). The number of nitrogens with one attached hydrogen (secondary N) is 3. The molecule has 0 saturated heterocycles. The summed E-state index contributed by atoms with van der Waals surface area (Å²) in [4.78, 5) is 19.3. The topological polar surface area (TPSA) is 78.9 Å². The monoisotopic (exact) mass is 361 g/mol. The van der Waals surface area contributed by atoms with Crippen molar-refractivity contribution in [2.45, 2.75) is 6.18 Å². The summed E-state index contributed by atoms with van der Waals surface area (Å²) in [5.74, 6) is -1.94. The van der Waals surface area contributed by atoms with Gasteiger partial charge in [0.05, 0.1) is 5.52 Å². The quantitative estimate of drug-likeness (QED) is 0.621. The molecule has 0 aliphatic rings. The van der Waals surface area contributed by atoms with E-state index in [9.17, 15) is 18.0 Å². The van der Waals surface area contributed by atoms with E-state index < -0.39 is 17.9 Å². The number of rotatable bonds is 4. The summed E-state index contributed by atoms with van der Waals surface area (Å²) in [5, 5.41) is 3.25. The number of hydrogen-bond donors (Lipinski definition) is 3. The number of amides is 1. The first-order valence-corrected chi connectivity index (χ1v) is 7.56. The van der Waals surface area contributed by atoms with Crippen LogP contribution in [-0.2, 0) is 6.18 Å². The van der Waals surface area contributed by atoms with Crippen LogP contribution in [0.5, 0.6) is 0 Å². The van der Waals surface area contributed by atoms with Crippen molar-refractivity contribution in [2.75, 3.05) is 17.8 Å². The predicted molar refractivity (Wildman–Crippen MR) is 91.6 cm³/mol. The second-order valence-electron chi connectivity index (χ2n) is 5.32. The van der Waals surface area contributed by atoms with Crippen LogP contribution in [0.4, 0.5) is 24.7 Å². The van der Waals surface area contributed by atoms with Crippen LogP contribution in [0, 0.1) is 0 Å². The molecule has 3 aromatic rings. The number of fused-ring (bicyclic) bond motifs is 1. The van der Waals surface area contributed by atoms with E-state index in [0.717, 1.165) is 5.69 Å². The van der Waals surface area contributed by atoms with Gasteiger partial charge in [-0.15, -0.1) is 0 Å². The van der Waals surface area contributed by atoms with Gasteiger partial charge in [0, 0.05) is 23.7 Å². The van der Waals surface area contributed by atoms with E-state index in [4.69, 9.17) is 0 Å². The lowest BCUT2D eigenvalue weighted by molar-refractivity contribution is -0.144. The Balaban J connectivity index is 1.89. The number of nitrogens with zero attached hydrogens (tertiary/aromatic N) is 2. The number of anilines is 2. The Hall–Kier alpha value is -3.36. The van der Waals surface area contributed by atoms with Crippen LogP contribution >= 0.6 is 0 Å². The van der Waals surface area contributed by atoms with Gasteiger partial charge in [0.15, 0.2) is 5.82 Å². The van der Waals surface area contributed by atoms with Crippen LogP contribution < -0.4 is 16.2 Å². The largest absolute Gasteiger partial charge is 0.451 e. The van der Waals surface area contributed by atoms with Gasteiger partial charge in [-0.3, -0.25) is 15.6 Å². The van der Waals surface area contributed by atoms with Crippen molar-refractivity contribution in [1.29, 1.82) is 0 Å². The molecule has 1 amide bonds. The lowest BCUT2D eigenvalue weighted by Crippen LogP contribution is -2.30. The van der Waals surface area contributed by atoms with E-state index in [2.05, 4.69) is 26.1 Å². The average molecular weight is 361 g/mol. The molecule has 3 N–H and O–H groups in total. The van der Waals surface area contributed by atoms with Crippen LogP contribution in [0.25, 0.3) is 10.9 Å². The lowest BCUT2D eigenvalue weighted by atomic mass is 10.2. The molecule has 0 spiro atoms. The molecule has 2 aromatic carbocycles. The molecule has 9 heteroatoms. The second kappa shape index (κ2) is 6.87. The fraction of sp³-hybridized carbons (Fsp3) is 0.118. The molecule has 134 valence electrons. The maximum absolute atomic E-state index is 13.0. The molecule has 1 heterocycles. The minimum atomic E-state index is -4.70. The normalized spacial score (nSPS) is 11.2. The summed E-state index contributed by atoms with van der Waals surface area (Å²) < 4.78 is 39.0. The van der Waals surface area contributed by atoms with Crippen LogP contribution in [-0.4, -0.2) is 22.9 Å². The van der Waals surface area contributed by atoms with Gasteiger partial charge in [0.25, 0.3) is 5.91 Å². The van der Waals surface area contributed by atoms with Crippen LogP contribution in [0.15, 0.2) is 48.5 Å². The SMILES string of the molecule is CNc1cccc(C(=O)NNc2nc(C(F)(F)F)nc3ccccc23)c1. The van der Waals surface area contributed by atoms with Gasteiger partial charge < -0.3 is 5.32 Å². The molecule has 0 fully saturated rings. The lowest BCUT2D eigenvalue weighted by Gasteiger charge is -2.13. The zero-order chi connectivity index (χ0) is 18.7. The molecule has 0 saturated carbocycles. The highest BCUT2D eigenvalue weighted by atomic mass is 19.4. The first kappa shape index (κ1) is 17.5. The summed E-state index contributed by atoms with van der Waals surface area (Å²) >= 11 is 0. The molecule has 0 radical (unpaired) electrons. The third kappa shape index (κ3) is 3.66. The van der Waals surface area contributed by atoms with E-state index in [1.807, 2.05) is 0 Å². The Morgan fingerprint density at radius 1 is 1.04 bits per heavy atom. The van der Waals surface area contributed by atoms with E-state index in [1.54, 1.807) is 49.5 Å². The van der Waals surface area contributed by atoms with Gasteiger partial charge in [-0.25, -0.2) is 9.97 Å². The van der Waals surface area contributed by atoms with Crippen LogP contribution in [0.1, 0.15) is 16.2 Å². The number of carbonyl (C=O) groups excluding carboxylic acids is 1. The second-order valence-corrected chi connectivity index (χ2v) is 5.32. The molecule has 0 unspecified atom stereocenters. The zero-order valence-corrected chi connectivity index (χ0v) is 13.6. The fourth-order valence-corrected chi connectivity index (χ4v) is 2.30. The summed E-state index contributed by atoms with van der Waals surface area (Å²) in [6.07, 6.45) is -4.70. The third-order valence-corrected chi connectivity index (χ3v) is 3.56. The summed E-state index contributed by atoms with van der Waals surface area (Å²) in [7, 11) is 1.71.